The highest BCUT2D eigenvalue weighted by atomic mass is 19.1. The Hall–Kier alpha value is -3.41. The molecule has 2 N–H and O–H groups in total. The molecular weight excluding hydrogens is 359 g/mol. The maximum Gasteiger partial charge on any atom is 0.266 e. The van der Waals surface area contributed by atoms with Crippen LogP contribution in [0.4, 0.5) is 10.1 Å². The summed E-state index contributed by atoms with van der Waals surface area (Å²) in [5, 5.41) is 7.72. The molecule has 2 atom stereocenters. The van der Waals surface area contributed by atoms with Gasteiger partial charge in [0.25, 0.3) is 5.91 Å². The van der Waals surface area contributed by atoms with Gasteiger partial charge in [-0.25, -0.2) is 4.39 Å². The van der Waals surface area contributed by atoms with E-state index in [1.54, 1.807) is 0 Å². The molecule has 2 amide bonds. The number of carbonyl (C=O) groups excluding carboxylic acids is 2. The van der Waals surface area contributed by atoms with Crippen LogP contribution in [0.2, 0.25) is 0 Å². The van der Waals surface area contributed by atoms with Crippen LogP contribution in [0.5, 0.6) is 5.75 Å². The van der Waals surface area contributed by atoms with Gasteiger partial charge < -0.3 is 15.4 Å². The van der Waals surface area contributed by atoms with Crippen LogP contribution in [0.1, 0.15) is 24.9 Å². The van der Waals surface area contributed by atoms with E-state index in [-0.39, 0.29) is 24.1 Å². The van der Waals surface area contributed by atoms with Crippen LogP contribution in [-0.4, -0.2) is 17.9 Å². The number of fused-ring (bicyclic) bond motifs is 2. The molecule has 3 aromatic carbocycles. The molecule has 0 bridgehead atoms. The third kappa shape index (κ3) is 3.53. The number of hydrogen-bond acceptors (Lipinski definition) is 3. The number of benzene rings is 3. The smallest absolute Gasteiger partial charge is 0.266 e. The Labute approximate surface area is 161 Å². The Morgan fingerprint density at radius 3 is 2.82 bits per heavy atom. The van der Waals surface area contributed by atoms with Crippen LogP contribution in [0, 0.1) is 5.82 Å². The minimum absolute atomic E-state index is 0.156. The van der Waals surface area contributed by atoms with E-state index < -0.39 is 17.8 Å². The minimum Gasteiger partial charge on any atom is -0.478 e. The predicted molar refractivity (Wildman–Crippen MR) is 105 cm³/mol. The van der Waals surface area contributed by atoms with Crippen molar-refractivity contribution in [2.45, 2.75) is 25.5 Å². The molecule has 5 nitrogen and oxygen atoms in total. The highest BCUT2D eigenvalue weighted by molar-refractivity contribution is 6.00. The van der Waals surface area contributed by atoms with Crippen LogP contribution in [0.3, 0.4) is 0 Å². The summed E-state index contributed by atoms with van der Waals surface area (Å²) in [4.78, 5) is 24.7. The lowest BCUT2D eigenvalue weighted by Gasteiger charge is -2.26. The van der Waals surface area contributed by atoms with E-state index in [4.69, 9.17) is 4.74 Å². The van der Waals surface area contributed by atoms with Crippen LogP contribution >= 0.6 is 0 Å². The van der Waals surface area contributed by atoms with Crippen LogP contribution in [-0.2, 0) is 9.59 Å². The first-order valence-electron chi connectivity index (χ1n) is 9.05. The molecule has 0 saturated heterocycles. The number of halogens is 1. The van der Waals surface area contributed by atoms with E-state index in [9.17, 15) is 14.0 Å². The van der Waals surface area contributed by atoms with Crippen molar-refractivity contribution in [3.63, 3.8) is 0 Å². The lowest BCUT2D eigenvalue weighted by molar-refractivity contribution is -0.130. The SMILES string of the molecule is C[C@@H](NC(=O)CC1Oc2cc(F)ccc2NC1=O)c1cccc2ccccc12. The van der Waals surface area contributed by atoms with Gasteiger partial charge in [-0.2, -0.15) is 0 Å². The second kappa shape index (κ2) is 7.31. The maximum atomic E-state index is 13.4. The van der Waals surface area contributed by atoms with Gasteiger partial charge in [0.05, 0.1) is 18.2 Å². The van der Waals surface area contributed by atoms with Crippen molar-refractivity contribution in [1.29, 1.82) is 0 Å². The van der Waals surface area contributed by atoms with Crippen molar-refractivity contribution in [3.8, 4) is 5.75 Å². The summed E-state index contributed by atoms with van der Waals surface area (Å²) in [5.74, 6) is -0.991. The summed E-state index contributed by atoms with van der Waals surface area (Å²) < 4.78 is 18.9. The highest BCUT2D eigenvalue weighted by Gasteiger charge is 2.30. The molecular formula is C22H19FN2O3. The zero-order valence-corrected chi connectivity index (χ0v) is 15.2. The van der Waals surface area contributed by atoms with Crippen LogP contribution in [0.25, 0.3) is 10.8 Å². The molecule has 0 saturated carbocycles. The van der Waals surface area contributed by atoms with Gasteiger partial charge in [0.1, 0.15) is 11.6 Å². The van der Waals surface area contributed by atoms with Crippen molar-refractivity contribution in [3.05, 3.63) is 72.0 Å². The zero-order chi connectivity index (χ0) is 19.7. The van der Waals surface area contributed by atoms with Gasteiger partial charge >= 0.3 is 0 Å². The molecule has 28 heavy (non-hydrogen) atoms. The van der Waals surface area contributed by atoms with E-state index >= 15 is 0 Å². The van der Waals surface area contributed by atoms with Gasteiger partial charge in [-0.05, 0) is 35.4 Å². The number of anilines is 1. The van der Waals surface area contributed by atoms with Crippen LogP contribution in [0.15, 0.2) is 60.7 Å². The van der Waals surface area contributed by atoms with Gasteiger partial charge in [0, 0.05) is 6.07 Å². The van der Waals surface area contributed by atoms with Gasteiger partial charge in [0.2, 0.25) is 5.91 Å². The molecule has 3 aromatic rings. The third-order valence-corrected chi connectivity index (χ3v) is 4.80. The molecule has 0 spiro atoms. The molecule has 142 valence electrons. The molecule has 1 unspecified atom stereocenters. The van der Waals surface area contributed by atoms with Crippen molar-refractivity contribution < 1.29 is 18.7 Å². The first-order valence-corrected chi connectivity index (χ1v) is 9.05. The number of amides is 2. The lowest BCUT2D eigenvalue weighted by atomic mass is 9.99. The summed E-state index contributed by atoms with van der Waals surface area (Å²) in [6, 6.07) is 17.5. The first kappa shape index (κ1) is 18.0. The fourth-order valence-electron chi connectivity index (χ4n) is 3.43. The van der Waals surface area contributed by atoms with Crippen molar-refractivity contribution >= 4 is 28.3 Å². The molecule has 6 heteroatoms. The molecule has 1 aliphatic rings. The summed E-state index contributed by atoms with van der Waals surface area (Å²) in [5.41, 5.74) is 1.39. The quantitative estimate of drug-likeness (QED) is 0.722. The molecule has 0 fully saturated rings. The largest absolute Gasteiger partial charge is 0.478 e. The Morgan fingerprint density at radius 2 is 1.96 bits per heavy atom. The standard InChI is InChI=1S/C22H19FN2O3/c1-13(16-8-4-6-14-5-2-3-7-17(14)16)24-21(26)12-20-22(27)25-18-10-9-15(23)11-19(18)28-20/h2-11,13,20H,12H2,1H3,(H,24,26)(H,25,27)/t13-,20?/m1/s1. The van der Waals surface area contributed by atoms with E-state index in [2.05, 4.69) is 10.6 Å². The summed E-state index contributed by atoms with van der Waals surface area (Å²) in [6.45, 7) is 1.89. The van der Waals surface area contributed by atoms with Gasteiger partial charge in [0.15, 0.2) is 6.10 Å². The predicted octanol–water partition coefficient (Wildman–Crippen LogP) is 3.95. The second-order valence-electron chi connectivity index (χ2n) is 6.80. The average Bonchev–Trinajstić information content (AvgIpc) is 2.68. The number of rotatable bonds is 4. The first-order chi connectivity index (χ1) is 13.5. The monoisotopic (exact) mass is 378 g/mol. The number of nitrogens with one attached hydrogen (secondary N) is 2. The van der Waals surface area contributed by atoms with E-state index in [1.165, 1.54) is 18.2 Å². The normalized spacial score (nSPS) is 16.6. The topological polar surface area (TPSA) is 67.4 Å². The van der Waals surface area contributed by atoms with Crippen molar-refractivity contribution in [2.75, 3.05) is 5.32 Å². The summed E-state index contributed by atoms with van der Waals surface area (Å²) >= 11 is 0. The Balaban J connectivity index is 1.46. The summed E-state index contributed by atoms with van der Waals surface area (Å²) in [7, 11) is 0. The molecule has 1 aliphatic heterocycles. The number of ether oxygens (including phenoxy) is 1. The highest BCUT2D eigenvalue weighted by Crippen LogP contribution is 2.31. The molecule has 0 radical (unpaired) electrons. The summed E-state index contributed by atoms with van der Waals surface area (Å²) in [6.07, 6.45) is -1.16. The minimum atomic E-state index is -1.01. The third-order valence-electron chi connectivity index (χ3n) is 4.80. The van der Waals surface area contributed by atoms with Crippen molar-refractivity contribution in [1.82, 2.24) is 5.32 Å². The Morgan fingerprint density at radius 1 is 1.18 bits per heavy atom. The zero-order valence-electron chi connectivity index (χ0n) is 15.2. The maximum absolute atomic E-state index is 13.4. The number of carbonyl (C=O) groups is 2. The fraction of sp³-hybridized carbons (Fsp3) is 0.182. The Bertz CT molecular complexity index is 1060. The van der Waals surface area contributed by atoms with Crippen molar-refractivity contribution in [2.24, 2.45) is 0 Å². The van der Waals surface area contributed by atoms with E-state index in [0.717, 1.165) is 16.3 Å². The van der Waals surface area contributed by atoms with E-state index in [1.807, 2.05) is 49.4 Å². The molecule has 4 rings (SSSR count). The molecule has 1 heterocycles. The second-order valence-corrected chi connectivity index (χ2v) is 6.80. The Kier molecular flexibility index (Phi) is 4.69. The lowest BCUT2D eigenvalue weighted by Crippen LogP contribution is -2.41. The average molecular weight is 378 g/mol. The number of hydrogen-bond donors (Lipinski definition) is 2. The molecule has 0 aromatic heterocycles. The van der Waals surface area contributed by atoms with Crippen LogP contribution < -0.4 is 15.4 Å². The van der Waals surface area contributed by atoms with E-state index in [0.29, 0.717) is 5.69 Å². The van der Waals surface area contributed by atoms with Gasteiger partial charge in [-0.3, -0.25) is 9.59 Å². The fourth-order valence-corrected chi connectivity index (χ4v) is 3.43. The van der Waals surface area contributed by atoms with Gasteiger partial charge in [-0.1, -0.05) is 42.5 Å². The van der Waals surface area contributed by atoms with Gasteiger partial charge in [-0.15, -0.1) is 0 Å². The molecule has 0 aliphatic carbocycles.